The molecule has 4 rings (SSSR count). The SMILES string of the molecule is COc1cc2nccc(Oc3ccc(NC(=S)NC(=O)C(C)Oc4ccccc4)cc3Cl)c2cc1OC. The molecule has 2 N–H and O–H groups in total. The number of rotatable bonds is 8. The van der Waals surface area contributed by atoms with Crippen LogP contribution in [0.5, 0.6) is 28.7 Å². The minimum absolute atomic E-state index is 0.111. The van der Waals surface area contributed by atoms with E-state index in [9.17, 15) is 4.79 Å². The van der Waals surface area contributed by atoms with Crippen LogP contribution in [0, 0.1) is 0 Å². The maximum absolute atomic E-state index is 12.4. The normalized spacial score (nSPS) is 11.4. The number of hydrogen-bond donors (Lipinski definition) is 2. The van der Waals surface area contributed by atoms with E-state index in [1.165, 1.54) is 0 Å². The van der Waals surface area contributed by atoms with Gasteiger partial charge in [0.15, 0.2) is 22.7 Å². The Labute approximate surface area is 224 Å². The topological polar surface area (TPSA) is 90.9 Å². The quantitative estimate of drug-likeness (QED) is 0.265. The van der Waals surface area contributed by atoms with E-state index in [4.69, 9.17) is 42.8 Å². The summed E-state index contributed by atoms with van der Waals surface area (Å²) in [5.41, 5.74) is 1.25. The lowest BCUT2D eigenvalue weighted by Crippen LogP contribution is -2.42. The zero-order valence-corrected chi connectivity index (χ0v) is 21.9. The molecule has 0 radical (unpaired) electrons. The van der Waals surface area contributed by atoms with Crippen LogP contribution in [-0.4, -0.2) is 36.3 Å². The Hall–Kier alpha value is -4.08. The molecule has 1 heterocycles. The summed E-state index contributed by atoms with van der Waals surface area (Å²) in [5, 5.41) is 6.74. The van der Waals surface area contributed by atoms with Crippen LogP contribution in [-0.2, 0) is 4.79 Å². The van der Waals surface area contributed by atoms with Gasteiger partial charge in [-0.1, -0.05) is 29.8 Å². The number of methoxy groups -OCH3 is 2. The predicted octanol–water partition coefficient (Wildman–Crippen LogP) is 5.98. The van der Waals surface area contributed by atoms with Crippen molar-refractivity contribution < 1.29 is 23.7 Å². The highest BCUT2D eigenvalue weighted by molar-refractivity contribution is 7.80. The minimum Gasteiger partial charge on any atom is -0.493 e. The first-order chi connectivity index (χ1) is 17.9. The first-order valence-corrected chi connectivity index (χ1v) is 12.0. The van der Waals surface area contributed by atoms with Gasteiger partial charge in [-0.15, -0.1) is 0 Å². The summed E-state index contributed by atoms with van der Waals surface area (Å²) in [5.74, 6) is 2.29. The number of thiocarbonyl (C=S) groups is 1. The monoisotopic (exact) mass is 537 g/mol. The number of fused-ring (bicyclic) bond motifs is 1. The van der Waals surface area contributed by atoms with Crippen LogP contribution in [0.3, 0.4) is 0 Å². The van der Waals surface area contributed by atoms with E-state index >= 15 is 0 Å². The molecule has 1 unspecified atom stereocenters. The van der Waals surface area contributed by atoms with Crippen LogP contribution in [0.15, 0.2) is 72.9 Å². The van der Waals surface area contributed by atoms with Crippen molar-refractivity contribution in [1.82, 2.24) is 10.3 Å². The minimum atomic E-state index is -0.740. The van der Waals surface area contributed by atoms with Crippen molar-refractivity contribution in [3.63, 3.8) is 0 Å². The molecule has 4 aromatic rings. The van der Waals surface area contributed by atoms with Gasteiger partial charge >= 0.3 is 0 Å². The number of carbonyl (C=O) groups is 1. The lowest BCUT2D eigenvalue weighted by molar-refractivity contribution is -0.125. The largest absolute Gasteiger partial charge is 0.493 e. The number of halogens is 1. The molecule has 0 saturated carbocycles. The summed E-state index contributed by atoms with van der Waals surface area (Å²) in [6, 6.07) is 19.4. The Morgan fingerprint density at radius 2 is 1.68 bits per heavy atom. The number of nitrogens with zero attached hydrogens (tertiary/aromatic N) is 1. The van der Waals surface area contributed by atoms with Gasteiger partial charge in [0.1, 0.15) is 17.2 Å². The molecule has 0 aliphatic rings. The number of aromatic nitrogens is 1. The van der Waals surface area contributed by atoms with Crippen LogP contribution >= 0.6 is 23.8 Å². The summed E-state index contributed by atoms with van der Waals surface area (Å²) in [4.78, 5) is 16.8. The number of benzene rings is 3. The lowest BCUT2D eigenvalue weighted by atomic mass is 10.2. The molecule has 0 aliphatic heterocycles. The molecular weight excluding hydrogens is 514 g/mol. The van der Waals surface area contributed by atoms with Gasteiger partial charge in [-0.2, -0.15) is 0 Å². The van der Waals surface area contributed by atoms with Crippen molar-refractivity contribution in [1.29, 1.82) is 0 Å². The number of hydrogen-bond acceptors (Lipinski definition) is 7. The van der Waals surface area contributed by atoms with Crippen LogP contribution in [0.2, 0.25) is 5.02 Å². The predicted molar refractivity (Wildman–Crippen MR) is 147 cm³/mol. The van der Waals surface area contributed by atoms with Gasteiger partial charge in [0.25, 0.3) is 5.91 Å². The number of nitrogens with one attached hydrogen (secondary N) is 2. The Balaban J connectivity index is 1.42. The van der Waals surface area contributed by atoms with E-state index in [1.54, 1.807) is 75.9 Å². The van der Waals surface area contributed by atoms with Crippen molar-refractivity contribution >= 4 is 51.4 Å². The van der Waals surface area contributed by atoms with Crippen molar-refractivity contribution in [3.05, 3.63) is 77.9 Å². The Bertz CT molecular complexity index is 1430. The molecule has 3 aromatic carbocycles. The first kappa shape index (κ1) is 26.0. The van der Waals surface area contributed by atoms with Gasteiger partial charge in [0, 0.05) is 23.3 Å². The van der Waals surface area contributed by atoms with Crippen LogP contribution in [0.25, 0.3) is 10.9 Å². The average molecular weight is 538 g/mol. The maximum atomic E-state index is 12.4. The van der Waals surface area contributed by atoms with E-state index in [0.29, 0.717) is 45.0 Å². The molecule has 0 aliphatic carbocycles. The second-order valence-electron chi connectivity index (χ2n) is 7.80. The Morgan fingerprint density at radius 3 is 2.38 bits per heavy atom. The zero-order valence-electron chi connectivity index (χ0n) is 20.3. The fourth-order valence-corrected chi connectivity index (χ4v) is 3.89. The van der Waals surface area contributed by atoms with E-state index in [0.717, 1.165) is 5.39 Å². The number of anilines is 1. The van der Waals surface area contributed by atoms with Gasteiger partial charge in [0.05, 0.1) is 24.8 Å². The molecule has 37 heavy (non-hydrogen) atoms. The molecule has 8 nitrogen and oxygen atoms in total. The third-order valence-corrected chi connectivity index (χ3v) is 5.78. The maximum Gasteiger partial charge on any atom is 0.266 e. The van der Waals surface area contributed by atoms with E-state index in [-0.39, 0.29) is 11.0 Å². The van der Waals surface area contributed by atoms with Crippen molar-refractivity contribution in [3.8, 4) is 28.7 Å². The molecule has 10 heteroatoms. The Kier molecular flexibility index (Phi) is 8.27. The molecule has 0 saturated heterocycles. The molecule has 0 spiro atoms. The molecule has 190 valence electrons. The molecule has 1 atom stereocenters. The number of ether oxygens (including phenoxy) is 4. The number of pyridine rings is 1. The van der Waals surface area contributed by atoms with Crippen molar-refractivity contribution in [2.75, 3.05) is 19.5 Å². The zero-order chi connectivity index (χ0) is 26.4. The smallest absolute Gasteiger partial charge is 0.266 e. The number of amides is 1. The van der Waals surface area contributed by atoms with Gasteiger partial charge < -0.3 is 24.3 Å². The third-order valence-electron chi connectivity index (χ3n) is 5.28. The van der Waals surface area contributed by atoms with Crippen molar-refractivity contribution in [2.45, 2.75) is 13.0 Å². The fraction of sp³-hybridized carbons (Fsp3) is 0.148. The molecule has 0 bridgehead atoms. The van der Waals surface area contributed by atoms with E-state index in [2.05, 4.69) is 15.6 Å². The van der Waals surface area contributed by atoms with E-state index < -0.39 is 6.10 Å². The third kappa shape index (κ3) is 6.38. The summed E-state index contributed by atoms with van der Waals surface area (Å²) in [6.07, 6.45) is 0.895. The molecule has 1 amide bonds. The number of para-hydroxylation sites is 1. The second-order valence-corrected chi connectivity index (χ2v) is 8.61. The van der Waals surface area contributed by atoms with Crippen molar-refractivity contribution in [2.24, 2.45) is 0 Å². The summed E-state index contributed by atoms with van der Waals surface area (Å²) in [7, 11) is 3.13. The second kappa shape index (κ2) is 11.8. The molecule has 1 aromatic heterocycles. The molecule has 0 fully saturated rings. The van der Waals surface area contributed by atoms with Crippen LogP contribution in [0.4, 0.5) is 5.69 Å². The molecular formula is C27H24ClN3O5S. The number of carbonyl (C=O) groups excluding carboxylic acids is 1. The highest BCUT2D eigenvalue weighted by atomic mass is 35.5. The van der Waals surface area contributed by atoms with E-state index in [1.807, 2.05) is 18.2 Å². The highest BCUT2D eigenvalue weighted by Crippen LogP contribution is 2.38. The van der Waals surface area contributed by atoms with Gasteiger partial charge in [-0.05, 0) is 61.6 Å². The van der Waals surface area contributed by atoms with Crippen LogP contribution in [0.1, 0.15) is 6.92 Å². The van der Waals surface area contributed by atoms with Crippen LogP contribution < -0.4 is 29.6 Å². The fourth-order valence-electron chi connectivity index (χ4n) is 3.45. The highest BCUT2D eigenvalue weighted by Gasteiger charge is 2.17. The summed E-state index contributed by atoms with van der Waals surface area (Å²) >= 11 is 11.8. The lowest BCUT2D eigenvalue weighted by Gasteiger charge is -2.16. The van der Waals surface area contributed by atoms with Gasteiger partial charge in [-0.3, -0.25) is 15.1 Å². The Morgan fingerprint density at radius 1 is 0.946 bits per heavy atom. The average Bonchev–Trinajstić information content (AvgIpc) is 2.90. The summed E-state index contributed by atoms with van der Waals surface area (Å²) in [6.45, 7) is 1.64. The standard InChI is InChI=1S/C27H24ClN3O5S/c1-16(35-18-7-5-4-6-8-18)26(32)31-27(37)30-17-9-10-23(20(28)13-17)36-22-11-12-29-21-15-25(34-3)24(33-2)14-19(21)22/h4-16H,1-3H3,(H2,30,31,32,37). The van der Waals surface area contributed by atoms with Gasteiger partial charge in [-0.25, -0.2) is 0 Å². The summed E-state index contributed by atoms with van der Waals surface area (Å²) < 4.78 is 22.5. The van der Waals surface area contributed by atoms with Gasteiger partial charge in [0.2, 0.25) is 0 Å². The first-order valence-electron chi connectivity index (χ1n) is 11.2.